The van der Waals surface area contributed by atoms with Crippen molar-refractivity contribution in [1.29, 1.82) is 0 Å². The molecule has 26 heavy (non-hydrogen) atoms. The highest BCUT2D eigenvalue weighted by Gasteiger charge is 2.49. The minimum atomic E-state index is -4.51. The van der Waals surface area contributed by atoms with Gasteiger partial charge in [0.1, 0.15) is 13.2 Å². The lowest BCUT2D eigenvalue weighted by Crippen LogP contribution is -2.47. The number of nitrogens with zero attached hydrogens (tertiary/aromatic N) is 1. The van der Waals surface area contributed by atoms with E-state index in [1.165, 1.54) is 0 Å². The number of likely N-dealkylation sites (tertiary alicyclic amines) is 1. The van der Waals surface area contributed by atoms with E-state index < -0.39 is 30.5 Å². The van der Waals surface area contributed by atoms with E-state index in [9.17, 15) is 27.6 Å². The maximum Gasteiger partial charge on any atom is 0.406 e. The summed E-state index contributed by atoms with van der Waals surface area (Å²) in [7, 11) is 0. The fraction of sp³-hybridized carbons (Fsp3) is 0.824. The first-order chi connectivity index (χ1) is 12.2. The molecule has 2 aliphatic heterocycles. The third-order valence-electron chi connectivity index (χ3n) is 5.56. The Bertz CT molecular complexity index is 577. The van der Waals surface area contributed by atoms with Crippen LogP contribution in [0.4, 0.5) is 13.2 Å². The summed E-state index contributed by atoms with van der Waals surface area (Å²) in [6, 6.07) is 0. The van der Waals surface area contributed by atoms with Gasteiger partial charge in [0.2, 0.25) is 5.91 Å². The molecule has 0 N–H and O–H groups in total. The van der Waals surface area contributed by atoms with Crippen LogP contribution in [0.1, 0.15) is 32.1 Å². The first-order valence-corrected chi connectivity index (χ1v) is 8.79. The molecular formula is C17H22F3NO5. The smallest absolute Gasteiger partial charge is 0.406 e. The number of ether oxygens (including phenoxy) is 2. The van der Waals surface area contributed by atoms with Crippen LogP contribution in [0.25, 0.3) is 0 Å². The molecule has 1 saturated carbocycles. The molecule has 0 aromatic rings. The normalized spacial score (nSPS) is 31.8. The Balaban J connectivity index is 1.43. The summed E-state index contributed by atoms with van der Waals surface area (Å²) < 4.78 is 47.9. The quantitative estimate of drug-likeness (QED) is 0.682. The lowest BCUT2D eigenvalue weighted by molar-refractivity contribution is -0.170. The highest BCUT2D eigenvalue weighted by Crippen LogP contribution is 2.51. The second-order valence-corrected chi connectivity index (χ2v) is 7.61. The van der Waals surface area contributed by atoms with Gasteiger partial charge in [0, 0.05) is 25.5 Å². The fourth-order valence-corrected chi connectivity index (χ4v) is 4.04. The fourth-order valence-electron chi connectivity index (χ4n) is 4.04. The van der Waals surface area contributed by atoms with Crippen LogP contribution < -0.4 is 0 Å². The van der Waals surface area contributed by atoms with E-state index in [0.29, 0.717) is 18.1 Å². The Labute approximate surface area is 149 Å². The molecule has 3 fully saturated rings. The van der Waals surface area contributed by atoms with Crippen LogP contribution in [0, 0.1) is 17.3 Å². The predicted molar refractivity (Wildman–Crippen MR) is 81.9 cm³/mol. The molecule has 3 rings (SSSR count). The van der Waals surface area contributed by atoms with Crippen molar-refractivity contribution in [3.63, 3.8) is 0 Å². The van der Waals surface area contributed by atoms with Gasteiger partial charge in [-0.15, -0.1) is 0 Å². The Morgan fingerprint density at radius 1 is 1.27 bits per heavy atom. The van der Waals surface area contributed by atoms with Gasteiger partial charge in [0.15, 0.2) is 5.78 Å². The number of rotatable bonds is 5. The van der Waals surface area contributed by atoms with E-state index >= 15 is 0 Å². The number of hydrogen-bond acceptors (Lipinski definition) is 5. The van der Waals surface area contributed by atoms with Crippen LogP contribution in [0.5, 0.6) is 0 Å². The summed E-state index contributed by atoms with van der Waals surface area (Å²) in [4.78, 5) is 36.4. The average molecular weight is 377 g/mol. The second kappa shape index (κ2) is 7.17. The van der Waals surface area contributed by atoms with Crippen LogP contribution in [-0.2, 0) is 23.9 Å². The number of alkyl halides is 3. The number of amides is 1. The summed E-state index contributed by atoms with van der Waals surface area (Å²) in [6.45, 7) is -0.674. The van der Waals surface area contributed by atoms with Crippen molar-refractivity contribution >= 4 is 17.7 Å². The first-order valence-electron chi connectivity index (χ1n) is 8.79. The van der Waals surface area contributed by atoms with Gasteiger partial charge in [0.05, 0.1) is 12.5 Å². The van der Waals surface area contributed by atoms with Crippen molar-refractivity contribution in [2.75, 3.05) is 32.9 Å². The first kappa shape index (κ1) is 19.1. The molecule has 2 heterocycles. The number of ketones is 1. The Hall–Kier alpha value is -1.64. The molecule has 3 aliphatic rings. The van der Waals surface area contributed by atoms with Gasteiger partial charge in [-0.1, -0.05) is 0 Å². The Morgan fingerprint density at radius 3 is 2.62 bits per heavy atom. The van der Waals surface area contributed by atoms with Crippen molar-refractivity contribution in [3.8, 4) is 0 Å². The van der Waals surface area contributed by atoms with Gasteiger partial charge in [-0.05, 0) is 31.1 Å². The van der Waals surface area contributed by atoms with Crippen molar-refractivity contribution < 1.29 is 37.0 Å². The molecule has 6 nitrogen and oxygen atoms in total. The monoisotopic (exact) mass is 377 g/mol. The van der Waals surface area contributed by atoms with Gasteiger partial charge in [0.25, 0.3) is 0 Å². The van der Waals surface area contributed by atoms with Crippen molar-refractivity contribution in [2.45, 2.75) is 38.3 Å². The van der Waals surface area contributed by atoms with Crippen LogP contribution in [0.2, 0.25) is 0 Å². The lowest BCUT2D eigenvalue weighted by atomic mass is 9.60. The zero-order valence-electron chi connectivity index (χ0n) is 14.3. The molecule has 1 atom stereocenters. The number of hydrogen-bond donors (Lipinski definition) is 0. The largest absolute Gasteiger partial charge is 0.457 e. The topological polar surface area (TPSA) is 72.9 Å². The van der Waals surface area contributed by atoms with Crippen molar-refractivity contribution in [1.82, 2.24) is 4.90 Å². The van der Waals surface area contributed by atoms with Gasteiger partial charge < -0.3 is 14.4 Å². The molecule has 0 bridgehead atoms. The van der Waals surface area contributed by atoms with Gasteiger partial charge in [-0.2, -0.15) is 13.2 Å². The summed E-state index contributed by atoms with van der Waals surface area (Å²) in [5, 5.41) is 0. The van der Waals surface area contributed by atoms with Gasteiger partial charge in [-0.25, -0.2) is 0 Å². The number of piperidine rings is 1. The SMILES string of the molecule is O=C(COC(=O)C1CCC(=O)N(CC(F)(F)F)C1)C1CC2(CCOC2)C1. The zero-order chi connectivity index (χ0) is 18.9. The third kappa shape index (κ3) is 4.36. The van der Waals surface area contributed by atoms with Gasteiger partial charge in [-0.3, -0.25) is 14.4 Å². The molecule has 9 heteroatoms. The lowest BCUT2D eigenvalue weighted by Gasteiger charge is -2.43. The van der Waals surface area contributed by atoms with E-state index in [4.69, 9.17) is 9.47 Å². The molecule has 1 amide bonds. The molecule has 0 radical (unpaired) electrons. The van der Waals surface area contributed by atoms with Crippen LogP contribution in [-0.4, -0.2) is 61.6 Å². The zero-order valence-corrected chi connectivity index (χ0v) is 14.3. The van der Waals surface area contributed by atoms with Gasteiger partial charge >= 0.3 is 12.1 Å². The summed E-state index contributed by atoms with van der Waals surface area (Å²) >= 11 is 0. The molecule has 1 spiro atoms. The summed E-state index contributed by atoms with van der Waals surface area (Å²) in [5.74, 6) is -2.45. The average Bonchev–Trinajstić information content (AvgIpc) is 3.01. The molecule has 0 aromatic heterocycles. The molecule has 1 unspecified atom stereocenters. The number of esters is 1. The highest BCUT2D eigenvalue weighted by molar-refractivity contribution is 5.86. The molecule has 2 saturated heterocycles. The minimum absolute atomic E-state index is 0.103. The number of halogens is 3. The second-order valence-electron chi connectivity index (χ2n) is 7.61. The standard InChI is InChI=1S/C17H22F3NO5/c18-17(19,20)9-21-7-11(1-2-14(21)23)15(24)26-8-13(22)12-5-16(6-12)3-4-25-10-16/h11-12H,1-10H2. The number of carbonyl (C=O) groups excluding carboxylic acids is 3. The van der Waals surface area contributed by atoms with Crippen molar-refractivity contribution in [2.24, 2.45) is 17.3 Å². The van der Waals surface area contributed by atoms with E-state index in [1.54, 1.807) is 0 Å². The molecule has 146 valence electrons. The Morgan fingerprint density at radius 2 is 2.00 bits per heavy atom. The summed E-state index contributed by atoms with van der Waals surface area (Å²) in [6.07, 6.45) is -2.08. The van der Waals surface area contributed by atoms with E-state index in [2.05, 4.69) is 0 Å². The van der Waals surface area contributed by atoms with E-state index in [0.717, 1.165) is 19.3 Å². The van der Waals surface area contributed by atoms with Crippen LogP contribution >= 0.6 is 0 Å². The van der Waals surface area contributed by atoms with E-state index in [1.807, 2.05) is 0 Å². The third-order valence-corrected chi connectivity index (χ3v) is 5.56. The number of carbonyl (C=O) groups is 3. The minimum Gasteiger partial charge on any atom is -0.457 e. The van der Waals surface area contributed by atoms with Crippen LogP contribution in [0.15, 0.2) is 0 Å². The summed E-state index contributed by atoms with van der Waals surface area (Å²) in [5.41, 5.74) is 0.103. The predicted octanol–water partition coefficient (Wildman–Crippen LogP) is 1.72. The molecule has 1 aliphatic carbocycles. The highest BCUT2D eigenvalue weighted by atomic mass is 19.4. The Kier molecular flexibility index (Phi) is 5.28. The van der Waals surface area contributed by atoms with Crippen molar-refractivity contribution in [3.05, 3.63) is 0 Å². The maximum absolute atomic E-state index is 12.5. The molecular weight excluding hydrogens is 355 g/mol. The maximum atomic E-state index is 12.5. The number of Topliss-reactive ketones (excluding diaryl/α,β-unsaturated/α-hetero) is 1. The molecule has 0 aromatic carbocycles. The van der Waals surface area contributed by atoms with Crippen LogP contribution in [0.3, 0.4) is 0 Å². The van der Waals surface area contributed by atoms with E-state index in [-0.39, 0.29) is 43.1 Å².